The molecule has 2 heterocycles. The van der Waals surface area contributed by atoms with Gasteiger partial charge in [-0.1, -0.05) is 115 Å². The summed E-state index contributed by atoms with van der Waals surface area (Å²) in [4.78, 5) is 71.2. The van der Waals surface area contributed by atoms with Crippen molar-refractivity contribution in [3.63, 3.8) is 0 Å². The Balaban J connectivity index is 2.20. The number of hydrogen-bond acceptors (Lipinski definition) is 9. The number of allylic oxidation sites excluding steroid dienone is 4. The Labute approximate surface area is 329 Å². The Kier molecular flexibility index (Phi) is 25.2. The van der Waals surface area contributed by atoms with Crippen molar-refractivity contribution in [3.05, 3.63) is 24.3 Å². The number of hydrogen-bond donors (Lipinski definition) is 2. The summed E-state index contributed by atoms with van der Waals surface area (Å²) in [5.41, 5.74) is 0. The zero-order chi connectivity index (χ0) is 40.3. The van der Waals surface area contributed by atoms with Gasteiger partial charge in [0, 0.05) is 12.8 Å². The summed E-state index contributed by atoms with van der Waals surface area (Å²) in [6.07, 6.45) is 28.0. The van der Waals surface area contributed by atoms with Crippen molar-refractivity contribution in [1.29, 1.82) is 0 Å². The third-order valence-electron chi connectivity index (χ3n) is 10.9. The molecule has 0 aromatic carbocycles. The number of carbonyl (C=O) groups is 6. The second-order valence-corrected chi connectivity index (χ2v) is 15.6. The zero-order valence-electron chi connectivity index (χ0n) is 33.7. The molecule has 2 aliphatic heterocycles. The molecule has 6 unspecified atom stereocenters. The van der Waals surface area contributed by atoms with Gasteiger partial charge in [0.25, 0.3) is 0 Å². The van der Waals surface area contributed by atoms with Crippen molar-refractivity contribution in [3.8, 4) is 0 Å². The minimum Gasteiger partial charge on any atom is -0.481 e. The molecule has 2 N–H and O–H groups in total. The largest absolute Gasteiger partial charge is 0.481 e. The molecule has 2 rings (SSSR count). The van der Waals surface area contributed by atoms with Crippen molar-refractivity contribution < 1.29 is 53.2 Å². The van der Waals surface area contributed by atoms with Gasteiger partial charge in [-0.15, -0.1) is 0 Å². The molecular weight excluding hydrogens is 704 g/mol. The molecule has 0 amide bonds. The van der Waals surface area contributed by atoms with Gasteiger partial charge in [0.15, 0.2) is 0 Å². The molecule has 312 valence electrons. The average Bonchev–Trinajstić information content (AvgIpc) is 3.66. The Bertz CT molecular complexity index is 1130. The van der Waals surface area contributed by atoms with Gasteiger partial charge >= 0.3 is 35.8 Å². The van der Waals surface area contributed by atoms with E-state index in [9.17, 15) is 28.8 Å². The fourth-order valence-corrected chi connectivity index (χ4v) is 7.68. The molecule has 2 fully saturated rings. The van der Waals surface area contributed by atoms with Crippen LogP contribution in [0.25, 0.3) is 0 Å². The molecular formula is C44H70O11. The van der Waals surface area contributed by atoms with E-state index in [1.807, 2.05) is 0 Å². The summed E-state index contributed by atoms with van der Waals surface area (Å²) in [5, 5.41) is 17.9. The van der Waals surface area contributed by atoms with Crippen LogP contribution in [0, 0.1) is 23.7 Å². The third kappa shape index (κ3) is 21.5. The van der Waals surface area contributed by atoms with Crippen molar-refractivity contribution >= 4 is 35.8 Å². The Morgan fingerprint density at radius 2 is 0.945 bits per heavy atom. The third-order valence-corrected chi connectivity index (χ3v) is 10.9. The molecule has 6 atom stereocenters. The Hall–Kier alpha value is -3.34. The first-order chi connectivity index (χ1) is 26.5. The minimum absolute atomic E-state index is 0.0877. The summed E-state index contributed by atoms with van der Waals surface area (Å²) in [6, 6.07) is 0. The molecule has 11 nitrogen and oxygen atoms in total. The van der Waals surface area contributed by atoms with E-state index < -0.39 is 47.7 Å². The van der Waals surface area contributed by atoms with E-state index in [2.05, 4.69) is 38.2 Å². The van der Waals surface area contributed by atoms with Gasteiger partial charge in [-0.2, -0.15) is 0 Å². The molecule has 11 heteroatoms. The van der Waals surface area contributed by atoms with Gasteiger partial charge in [-0.3, -0.25) is 28.8 Å². The first-order valence-corrected chi connectivity index (χ1v) is 21.4. The molecule has 55 heavy (non-hydrogen) atoms. The standard InChI is InChI=1S/C44H70O11/c1-3-5-15-21-33(37-31-41(49)54-43(37)51)27-29-35(23-17-11-7-9-13-19-25-39(45)46)53-36(24-18-12-8-10-14-20-26-40(47)48)30-28-34(22-16-6-4-2)38-32-42(50)55-44(38)52/h15-16,21-22,33-38H,3-14,17-20,23-32H2,1-2H3,(H,45,46)(H,47,48)/b21-15+,22-16+. The maximum absolute atomic E-state index is 12.7. The van der Waals surface area contributed by atoms with Crippen LogP contribution in [-0.2, 0) is 43.0 Å². The maximum Gasteiger partial charge on any atom is 0.317 e. The quantitative estimate of drug-likeness (QED) is 0.0276. The highest BCUT2D eigenvalue weighted by atomic mass is 16.6. The first kappa shape index (κ1) is 47.8. The molecule has 0 saturated carbocycles. The SMILES string of the molecule is CCC/C=C/C(CCC(CCCCCCCCC(=O)O)OC(CCCCCCCCC(=O)O)CCC(/C=C/CCC)C1CC(=O)OC1=O)C1CC(=O)OC1=O. The van der Waals surface area contributed by atoms with Gasteiger partial charge in [0.05, 0.1) is 36.9 Å². The molecule has 2 saturated heterocycles. The zero-order valence-corrected chi connectivity index (χ0v) is 33.7. The van der Waals surface area contributed by atoms with Crippen LogP contribution in [0.1, 0.15) is 181 Å². The number of cyclic esters (lactones) is 4. The van der Waals surface area contributed by atoms with Crippen molar-refractivity contribution in [2.75, 3.05) is 0 Å². The molecule has 0 aromatic heterocycles. The maximum atomic E-state index is 12.7. The normalized spacial score (nSPS) is 19.6. The second-order valence-electron chi connectivity index (χ2n) is 15.6. The number of unbranched alkanes of at least 4 members (excludes halogenated alkanes) is 12. The number of esters is 4. The van der Waals surface area contributed by atoms with Crippen molar-refractivity contribution in [2.45, 2.75) is 193 Å². The monoisotopic (exact) mass is 774 g/mol. The van der Waals surface area contributed by atoms with Crippen LogP contribution in [0.2, 0.25) is 0 Å². The van der Waals surface area contributed by atoms with Crippen LogP contribution < -0.4 is 0 Å². The Morgan fingerprint density at radius 1 is 0.582 bits per heavy atom. The van der Waals surface area contributed by atoms with Gasteiger partial charge in [-0.05, 0) is 76.0 Å². The minimum atomic E-state index is -0.761. The lowest BCUT2D eigenvalue weighted by Crippen LogP contribution is -2.26. The number of aliphatic carboxylic acids is 2. The number of ether oxygens (including phenoxy) is 3. The van der Waals surface area contributed by atoms with Gasteiger partial charge in [-0.25, -0.2) is 0 Å². The fraction of sp³-hybridized carbons (Fsp3) is 0.773. The van der Waals surface area contributed by atoms with E-state index in [4.69, 9.17) is 24.4 Å². The van der Waals surface area contributed by atoms with Gasteiger partial charge < -0.3 is 24.4 Å². The summed E-state index contributed by atoms with van der Waals surface area (Å²) >= 11 is 0. The molecule has 2 aliphatic rings. The van der Waals surface area contributed by atoms with E-state index in [-0.39, 0.29) is 49.7 Å². The summed E-state index contributed by atoms with van der Waals surface area (Å²) in [7, 11) is 0. The molecule has 0 aromatic rings. The highest BCUT2D eigenvalue weighted by Crippen LogP contribution is 2.34. The van der Waals surface area contributed by atoms with E-state index >= 15 is 0 Å². The first-order valence-electron chi connectivity index (χ1n) is 21.4. The van der Waals surface area contributed by atoms with Crippen LogP contribution in [-0.4, -0.2) is 58.2 Å². The predicted octanol–water partition coefficient (Wildman–Crippen LogP) is 9.84. The smallest absolute Gasteiger partial charge is 0.317 e. The van der Waals surface area contributed by atoms with Crippen LogP contribution in [0.15, 0.2) is 24.3 Å². The van der Waals surface area contributed by atoms with E-state index in [1.54, 1.807) is 0 Å². The topological polar surface area (TPSA) is 171 Å². The molecule has 0 aliphatic carbocycles. The number of carboxylic acid groups (broad SMARTS) is 2. The Morgan fingerprint density at radius 3 is 1.27 bits per heavy atom. The fourth-order valence-electron chi connectivity index (χ4n) is 7.68. The highest BCUT2D eigenvalue weighted by Gasteiger charge is 2.39. The molecule has 0 radical (unpaired) electrons. The summed E-state index contributed by atoms with van der Waals surface area (Å²) < 4.78 is 16.9. The van der Waals surface area contributed by atoms with E-state index in [1.165, 1.54) is 0 Å². The lowest BCUT2D eigenvalue weighted by Gasteiger charge is -2.28. The number of rotatable bonds is 34. The number of carboxylic acids is 2. The molecule has 0 bridgehead atoms. The lowest BCUT2D eigenvalue weighted by molar-refractivity contribution is -0.155. The predicted molar refractivity (Wildman–Crippen MR) is 210 cm³/mol. The summed E-state index contributed by atoms with van der Waals surface area (Å²) in [5.74, 6) is -4.65. The number of carbonyl (C=O) groups excluding carboxylic acids is 4. The lowest BCUT2D eigenvalue weighted by atomic mass is 9.84. The van der Waals surface area contributed by atoms with E-state index in [0.29, 0.717) is 38.5 Å². The van der Waals surface area contributed by atoms with Gasteiger partial charge in [0.1, 0.15) is 0 Å². The highest BCUT2D eigenvalue weighted by molar-refractivity contribution is 5.95. The van der Waals surface area contributed by atoms with E-state index in [0.717, 1.165) is 103 Å². The van der Waals surface area contributed by atoms with Crippen LogP contribution in [0.3, 0.4) is 0 Å². The van der Waals surface area contributed by atoms with Crippen LogP contribution >= 0.6 is 0 Å². The second kappa shape index (κ2) is 29.0. The molecule has 0 spiro atoms. The summed E-state index contributed by atoms with van der Waals surface area (Å²) in [6.45, 7) is 4.19. The van der Waals surface area contributed by atoms with Crippen LogP contribution in [0.5, 0.6) is 0 Å². The van der Waals surface area contributed by atoms with Gasteiger partial charge in [0.2, 0.25) is 0 Å². The van der Waals surface area contributed by atoms with Crippen molar-refractivity contribution in [1.82, 2.24) is 0 Å². The van der Waals surface area contributed by atoms with Crippen LogP contribution in [0.4, 0.5) is 0 Å². The van der Waals surface area contributed by atoms with Crippen molar-refractivity contribution in [2.24, 2.45) is 23.7 Å². The average molecular weight is 775 g/mol.